The third kappa shape index (κ3) is 1.05. The topological polar surface area (TPSA) is 35.5 Å². The summed E-state index contributed by atoms with van der Waals surface area (Å²) in [5.74, 6) is 1.05. The van der Waals surface area contributed by atoms with Gasteiger partial charge < -0.3 is 10.4 Å². The molecule has 5 fully saturated rings. The minimum absolute atomic E-state index is 0.0367. The van der Waals surface area contributed by atoms with Crippen molar-refractivity contribution in [3.63, 3.8) is 0 Å². The first-order valence-electron chi connectivity index (χ1n) is 8.70. The van der Waals surface area contributed by atoms with Crippen molar-refractivity contribution in [2.24, 2.45) is 11.8 Å². The van der Waals surface area contributed by atoms with Gasteiger partial charge in [-0.1, -0.05) is 29.8 Å². The maximum atomic E-state index is 11.4. The third-order valence-corrected chi connectivity index (χ3v) is 7.59. The molecule has 0 aromatic heterocycles. The highest BCUT2D eigenvalue weighted by atomic mass is 16.3. The molecular formula is C19H22N2O. The molecule has 2 N–H and O–H groups in total. The average molecular weight is 294 g/mol. The van der Waals surface area contributed by atoms with Gasteiger partial charge in [0.1, 0.15) is 0 Å². The van der Waals surface area contributed by atoms with Gasteiger partial charge in [-0.05, 0) is 37.3 Å². The second-order valence-corrected chi connectivity index (χ2v) is 7.95. The zero-order chi connectivity index (χ0) is 14.6. The Morgan fingerprint density at radius 1 is 1.32 bits per heavy atom. The van der Waals surface area contributed by atoms with Gasteiger partial charge in [0, 0.05) is 35.6 Å². The van der Waals surface area contributed by atoms with Crippen LogP contribution in [-0.2, 0) is 5.41 Å². The molecule has 3 heteroatoms. The van der Waals surface area contributed by atoms with Crippen LogP contribution in [0.3, 0.4) is 0 Å². The lowest BCUT2D eigenvalue weighted by molar-refractivity contribution is -0.0318. The zero-order valence-corrected chi connectivity index (χ0v) is 12.9. The van der Waals surface area contributed by atoms with Gasteiger partial charge in [0.2, 0.25) is 0 Å². The second-order valence-electron chi connectivity index (χ2n) is 7.95. The van der Waals surface area contributed by atoms with Crippen molar-refractivity contribution in [2.45, 2.75) is 49.4 Å². The van der Waals surface area contributed by atoms with Crippen LogP contribution in [0.15, 0.2) is 35.9 Å². The monoisotopic (exact) mass is 294 g/mol. The van der Waals surface area contributed by atoms with Crippen LogP contribution in [0.25, 0.3) is 0 Å². The molecule has 7 unspecified atom stereocenters. The van der Waals surface area contributed by atoms with Crippen LogP contribution in [0.5, 0.6) is 0 Å². The minimum atomic E-state index is -0.200. The van der Waals surface area contributed by atoms with E-state index in [-0.39, 0.29) is 11.5 Å². The molecule has 1 spiro atoms. The van der Waals surface area contributed by atoms with Gasteiger partial charge in [-0.25, -0.2) is 0 Å². The maximum Gasteiger partial charge on any atom is 0.0707 e. The van der Waals surface area contributed by atoms with Gasteiger partial charge >= 0.3 is 0 Å². The van der Waals surface area contributed by atoms with E-state index >= 15 is 0 Å². The molecule has 1 aliphatic carbocycles. The molecule has 8 atom stereocenters. The third-order valence-electron chi connectivity index (χ3n) is 7.59. The Balaban J connectivity index is 1.60. The second kappa shape index (κ2) is 3.60. The molecule has 1 aromatic rings. The van der Waals surface area contributed by atoms with Crippen LogP contribution in [0.2, 0.25) is 0 Å². The van der Waals surface area contributed by atoms with E-state index < -0.39 is 0 Å². The van der Waals surface area contributed by atoms with Crippen molar-refractivity contribution >= 4 is 5.69 Å². The number of aliphatic hydroxyl groups excluding tert-OH is 1. The fraction of sp³-hybridized carbons (Fsp3) is 0.579. The van der Waals surface area contributed by atoms with Crippen LogP contribution in [0.1, 0.15) is 25.3 Å². The molecule has 5 aliphatic heterocycles. The molecule has 22 heavy (non-hydrogen) atoms. The van der Waals surface area contributed by atoms with Crippen LogP contribution in [0, 0.1) is 11.8 Å². The Labute approximate surface area is 131 Å². The van der Waals surface area contributed by atoms with Crippen LogP contribution >= 0.6 is 0 Å². The van der Waals surface area contributed by atoms with E-state index in [0.29, 0.717) is 30.0 Å². The minimum Gasteiger partial charge on any atom is -0.392 e. The van der Waals surface area contributed by atoms with Crippen LogP contribution < -0.4 is 5.32 Å². The molecule has 1 aromatic carbocycles. The van der Waals surface area contributed by atoms with Gasteiger partial charge in [0.15, 0.2) is 0 Å². The summed E-state index contributed by atoms with van der Waals surface area (Å²) in [4.78, 5) is 2.72. The molecular weight excluding hydrogens is 272 g/mol. The summed E-state index contributed by atoms with van der Waals surface area (Å²) in [6.07, 6.45) is 4.47. The van der Waals surface area contributed by atoms with E-state index in [4.69, 9.17) is 0 Å². The lowest BCUT2D eigenvalue weighted by atomic mass is 9.65. The number of piperidine rings is 4. The van der Waals surface area contributed by atoms with Gasteiger partial charge in [0.05, 0.1) is 12.1 Å². The molecule has 3 nitrogen and oxygen atoms in total. The van der Waals surface area contributed by atoms with Crippen molar-refractivity contribution < 1.29 is 5.11 Å². The van der Waals surface area contributed by atoms with Crippen molar-refractivity contribution in [3.05, 3.63) is 41.5 Å². The van der Waals surface area contributed by atoms with Crippen LogP contribution in [0.4, 0.5) is 5.69 Å². The molecule has 5 heterocycles. The predicted octanol–water partition coefficient (Wildman–Crippen LogP) is 2.13. The average Bonchev–Trinajstić information content (AvgIpc) is 3.02. The number of aliphatic hydroxyl groups is 1. The van der Waals surface area contributed by atoms with Gasteiger partial charge in [-0.3, -0.25) is 4.90 Å². The SMILES string of the molecule is CC=C1CN2C3C[C@@]45c6ccccc6NC4C2CC1C3C5O. The van der Waals surface area contributed by atoms with Gasteiger partial charge in [-0.15, -0.1) is 0 Å². The highest BCUT2D eigenvalue weighted by Crippen LogP contribution is 2.66. The Bertz CT molecular complexity index is 713. The summed E-state index contributed by atoms with van der Waals surface area (Å²) >= 11 is 0. The van der Waals surface area contributed by atoms with Crippen LogP contribution in [-0.4, -0.2) is 40.8 Å². The number of fused-ring (bicyclic) bond motifs is 2. The lowest BCUT2D eigenvalue weighted by Crippen LogP contribution is -2.66. The fourth-order valence-electron chi connectivity index (χ4n) is 6.87. The first kappa shape index (κ1) is 12.1. The number of rotatable bonds is 0. The van der Waals surface area contributed by atoms with Crippen molar-refractivity contribution in [2.75, 3.05) is 11.9 Å². The molecule has 4 saturated heterocycles. The number of allylic oxidation sites excluding steroid dienone is 1. The Kier molecular flexibility index (Phi) is 1.99. The standard InChI is InChI=1S/C19H22N2O/c1-2-10-9-21-14-7-11(10)16-15(21)8-19(18(16)22)12-5-3-4-6-13(12)20-17(14)19/h2-6,11,14-18,20,22H,7-9H2,1H3/t11?,14?,15?,16?,17?,18?,19-/m1/s1. The molecule has 1 saturated carbocycles. The normalized spacial score (nSPS) is 54.5. The fourth-order valence-corrected chi connectivity index (χ4v) is 6.87. The summed E-state index contributed by atoms with van der Waals surface area (Å²) in [5.41, 5.74) is 4.18. The highest BCUT2D eigenvalue weighted by Gasteiger charge is 2.73. The number of nitrogens with one attached hydrogen (secondary N) is 1. The number of para-hydroxylation sites is 1. The predicted molar refractivity (Wildman–Crippen MR) is 85.8 cm³/mol. The first-order chi connectivity index (χ1) is 10.8. The summed E-state index contributed by atoms with van der Waals surface area (Å²) in [5, 5.41) is 15.2. The van der Waals surface area contributed by atoms with Gasteiger partial charge in [-0.2, -0.15) is 0 Å². The Morgan fingerprint density at radius 2 is 2.18 bits per heavy atom. The maximum absolute atomic E-state index is 11.4. The van der Waals surface area contributed by atoms with E-state index in [9.17, 15) is 5.11 Å². The molecule has 114 valence electrons. The quantitative estimate of drug-likeness (QED) is 0.720. The van der Waals surface area contributed by atoms with Crippen molar-refractivity contribution in [1.29, 1.82) is 0 Å². The Morgan fingerprint density at radius 3 is 3.05 bits per heavy atom. The summed E-state index contributed by atoms with van der Waals surface area (Å²) in [6.45, 7) is 3.30. The molecule has 6 aliphatic rings. The number of hydrogen-bond donors (Lipinski definition) is 2. The van der Waals surface area contributed by atoms with E-state index in [2.05, 4.69) is 47.5 Å². The zero-order valence-electron chi connectivity index (χ0n) is 12.9. The molecule has 0 radical (unpaired) electrons. The van der Waals surface area contributed by atoms with Gasteiger partial charge in [0.25, 0.3) is 0 Å². The van der Waals surface area contributed by atoms with E-state index in [0.717, 1.165) is 13.0 Å². The number of hydrogen-bond acceptors (Lipinski definition) is 3. The summed E-state index contributed by atoms with van der Waals surface area (Å²) in [7, 11) is 0. The Hall–Kier alpha value is -1.32. The van der Waals surface area contributed by atoms with E-state index in [1.165, 1.54) is 17.7 Å². The van der Waals surface area contributed by atoms with E-state index in [1.54, 1.807) is 5.57 Å². The van der Waals surface area contributed by atoms with Crippen molar-refractivity contribution in [1.82, 2.24) is 4.90 Å². The first-order valence-corrected chi connectivity index (χ1v) is 8.70. The lowest BCUT2D eigenvalue weighted by Gasteiger charge is -2.57. The summed E-state index contributed by atoms with van der Waals surface area (Å²) in [6, 6.07) is 10.3. The number of anilines is 1. The highest BCUT2D eigenvalue weighted by molar-refractivity contribution is 5.65. The smallest absolute Gasteiger partial charge is 0.0707 e. The molecule has 5 bridgehead atoms. The van der Waals surface area contributed by atoms with E-state index in [1.807, 2.05) is 0 Å². The number of benzene rings is 1. The molecule has 0 amide bonds. The summed E-state index contributed by atoms with van der Waals surface area (Å²) < 4.78 is 0. The number of nitrogens with zero attached hydrogens (tertiary/aromatic N) is 1. The molecule has 7 rings (SSSR count). The van der Waals surface area contributed by atoms with Crippen molar-refractivity contribution in [3.8, 4) is 0 Å². The largest absolute Gasteiger partial charge is 0.392 e.